The maximum Gasteiger partial charge on any atom is 0.308 e. The van der Waals surface area contributed by atoms with Crippen molar-refractivity contribution in [3.8, 4) is 0 Å². The van der Waals surface area contributed by atoms with E-state index in [0.717, 1.165) is 18.5 Å². The van der Waals surface area contributed by atoms with Gasteiger partial charge in [0.25, 0.3) is 0 Å². The van der Waals surface area contributed by atoms with Gasteiger partial charge in [0, 0.05) is 13.1 Å². The molecule has 0 aliphatic carbocycles. The summed E-state index contributed by atoms with van der Waals surface area (Å²) in [7, 11) is 0. The molecular weight excluding hydrogens is 222 g/mol. The van der Waals surface area contributed by atoms with E-state index >= 15 is 0 Å². The number of rotatable bonds is 5. The molecule has 0 radical (unpaired) electrons. The average Bonchev–Trinajstić information content (AvgIpc) is 2.25. The number of aliphatic carboxylic acids is 2. The molecule has 5 nitrogen and oxygen atoms in total. The van der Waals surface area contributed by atoms with Gasteiger partial charge in [0.1, 0.15) is 0 Å². The summed E-state index contributed by atoms with van der Waals surface area (Å²) in [5, 5.41) is 18.0. The number of carbonyl (C=O) groups is 2. The zero-order valence-corrected chi connectivity index (χ0v) is 10.1. The van der Waals surface area contributed by atoms with Gasteiger partial charge >= 0.3 is 11.9 Å². The number of piperidine rings is 1. The number of carboxylic acids is 2. The molecule has 5 heteroatoms. The van der Waals surface area contributed by atoms with Gasteiger partial charge in [-0.15, -0.1) is 6.58 Å². The van der Waals surface area contributed by atoms with Gasteiger partial charge in [-0.05, 0) is 26.3 Å². The molecule has 1 heterocycles. The molecule has 0 spiro atoms. The van der Waals surface area contributed by atoms with E-state index in [-0.39, 0.29) is 0 Å². The van der Waals surface area contributed by atoms with Gasteiger partial charge in [-0.25, -0.2) is 0 Å². The highest BCUT2D eigenvalue weighted by Crippen LogP contribution is 2.24. The fraction of sp³-hybridized carbons (Fsp3) is 0.667. The Kier molecular flexibility index (Phi) is 4.69. The Morgan fingerprint density at radius 3 is 2.35 bits per heavy atom. The van der Waals surface area contributed by atoms with Crippen molar-refractivity contribution in [2.24, 2.45) is 11.8 Å². The van der Waals surface area contributed by atoms with Gasteiger partial charge in [0.15, 0.2) is 0 Å². The van der Waals surface area contributed by atoms with Crippen molar-refractivity contribution in [2.75, 3.05) is 19.6 Å². The highest BCUT2D eigenvalue weighted by Gasteiger charge is 2.38. The van der Waals surface area contributed by atoms with Crippen LogP contribution in [-0.4, -0.2) is 46.7 Å². The minimum Gasteiger partial charge on any atom is -0.481 e. The predicted octanol–water partition coefficient (Wildman–Crippen LogP) is 1.06. The van der Waals surface area contributed by atoms with Crippen LogP contribution in [0.15, 0.2) is 12.2 Å². The Hall–Kier alpha value is -1.36. The van der Waals surface area contributed by atoms with Crippen LogP contribution in [0.5, 0.6) is 0 Å². The summed E-state index contributed by atoms with van der Waals surface area (Å²) in [5.74, 6) is -3.57. The van der Waals surface area contributed by atoms with Crippen molar-refractivity contribution in [3.05, 3.63) is 12.2 Å². The van der Waals surface area contributed by atoms with Crippen molar-refractivity contribution >= 4 is 11.9 Å². The first-order valence-electron chi connectivity index (χ1n) is 5.74. The summed E-state index contributed by atoms with van der Waals surface area (Å²) in [6.07, 6.45) is 1.23. The Bertz CT molecular complexity index is 326. The molecule has 1 rings (SSSR count). The normalized spacial score (nSPS) is 25.5. The number of carboxylic acid groups (broad SMARTS) is 2. The van der Waals surface area contributed by atoms with Crippen molar-refractivity contribution in [1.82, 2.24) is 4.90 Å². The van der Waals surface area contributed by atoms with Crippen molar-refractivity contribution in [2.45, 2.75) is 19.8 Å². The quantitative estimate of drug-likeness (QED) is 0.704. The zero-order valence-electron chi connectivity index (χ0n) is 10.1. The molecule has 0 aromatic carbocycles. The second-order valence-electron chi connectivity index (χ2n) is 4.69. The van der Waals surface area contributed by atoms with Gasteiger partial charge in [0.2, 0.25) is 0 Å². The number of nitrogens with zero attached hydrogens (tertiary/aromatic N) is 1. The Morgan fingerprint density at radius 2 is 1.88 bits per heavy atom. The van der Waals surface area contributed by atoms with Crippen LogP contribution in [0.25, 0.3) is 0 Å². The third kappa shape index (κ3) is 3.85. The molecule has 0 aromatic heterocycles. The van der Waals surface area contributed by atoms with E-state index in [1.165, 1.54) is 0 Å². The first-order valence-corrected chi connectivity index (χ1v) is 5.74. The van der Waals surface area contributed by atoms with Crippen LogP contribution in [0.4, 0.5) is 0 Å². The molecule has 17 heavy (non-hydrogen) atoms. The second-order valence-corrected chi connectivity index (χ2v) is 4.69. The lowest BCUT2D eigenvalue weighted by molar-refractivity contribution is -0.157. The molecule has 2 N–H and O–H groups in total. The summed E-state index contributed by atoms with van der Waals surface area (Å²) in [5.41, 5.74) is 1.05. The van der Waals surface area contributed by atoms with Crippen molar-refractivity contribution < 1.29 is 19.8 Å². The molecular formula is C12H19NO4. The minimum absolute atomic E-state index is 0.319. The fourth-order valence-electron chi connectivity index (χ4n) is 2.12. The maximum atomic E-state index is 11.0. The monoisotopic (exact) mass is 241 g/mol. The number of hydrogen-bond acceptors (Lipinski definition) is 3. The summed E-state index contributed by atoms with van der Waals surface area (Å²) in [6, 6.07) is 0. The highest BCUT2D eigenvalue weighted by molar-refractivity contribution is 5.80. The molecule has 0 amide bonds. The predicted molar refractivity (Wildman–Crippen MR) is 62.7 cm³/mol. The molecule has 1 aliphatic rings. The molecule has 1 saturated heterocycles. The minimum atomic E-state index is -1.02. The molecule has 0 aromatic rings. The SMILES string of the molecule is C=C(C)CCN1CCC(C(=O)O)C(C(=O)O)C1. The summed E-state index contributed by atoms with van der Waals surface area (Å²) in [6.45, 7) is 7.45. The van der Waals surface area contributed by atoms with Gasteiger partial charge in [-0.2, -0.15) is 0 Å². The number of likely N-dealkylation sites (tertiary alicyclic amines) is 1. The lowest BCUT2D eigenvalue weighted by atomic mass is 9.85. The standard InChI is InChI=1S/C12H19NO4/c1-8(2)3-5-13-6-4-9(11(14)15)10(7-13)12(16)17/h9-10H,1,3-7H2,2H3,(H,14,15)(H,16,17). The Morgan fingerprint density at radius 1 is 1.29 bits per heavy atom. The fourth-order valence-corrected chi connectivity index (χ4v) is 2.12. The van der Waals surface area contributed by atoms with E-state index in [0.29, 0.717) is 19.5 Å². The van der Waals surface area contributed by atoms with Crippen LogP contribution in [0.3, 0.4) is 0 Å². The van der Waals surface area contributed by atoms with E-state index in [2.05, 4.69) is 6.58 Å². The lowest BCUT2D eigenvalue weighted by Gasteiger charge is -2.34. The molecule has 1 fully saturated rings. The van der Waals surface area contributed by atoms with E-state index in [1.807, 2.05) is 11.8 Å². The zero-order chi connectivity index (χ0) is 13.0. The highest BCUT2D eigenvalue weighted by atomic mass is 16.4. The first kappa shape index (κ1) is 13.7. The Balaban J connectivity index is 2.59. The third-order valence-corrected chi connectivity index (χ3v) is 3.19. The van der Waals surface area contributed by atoms with E-state index in [1.54, 1.807) is 0 Å². The van der Waals surface area contributed by atoms with Gasteiger partial charge in [-0.1, -0.05) is 5.57 Å². The van der Waals surface area contributed by atoms with Crippen LogP contribution in [-0.2, 0) is 9.59 Å². The maximum absolute atomic E-state index is 11.0. The van der Waals surface area contributed by atoms with Crippen LogP contribution in [0, 0.1) is 11.8 Å². The average molecular weight is 241 g/mol. The molecule has 0 saturated carbocycles. The summed E-state index contributed by atoms with van der Waals surface area (Å²) >= 11 is 0. The van der Waals surface area contributed by atoms with E-state index in [4.69, 9.17) is 10.2 Å². The van der Waals surface area contributed by atoms with Crippen molar-refractivity contribution in [1.29, 1.82) is 0 Å². The smallest absolute Gasteiger partial charge is 0.308 e. The lowest BCUT2D eigenvalue weighted by Crippen LogP contribution is -2.46. The molecule has 1 aliphatic heterocycles. The van der Waals surface area contributed by atoms with Gasteiger partial charge in [0.05, 0.1) is 11.8 Å². The van der Waals surface area contributed by atoms with Crippen LogP contribution < -0.4 is 0 Å². The molecule has 0 bridgehead atoms. The topological polar surface area (TPSA) is 77.8 Å². The van der Waals surface area contributed by atoms with Crippen LogP contribution in [0.2, 0.25) is 0 Å². The molecule has 2 atom stereocenters. The second kappa shape index (κ2) is 5.82. The van der Waals surface area contributed by atoms with E-state index in [9.17, 15) is 9.59 Å². The van der Waals surface area contributed by atoms with Crippen LogP contribution in [0.1, 0.15) is 19.8 Å². The van der Waals surface area contributed by atoms with Gasteiger partial charge in [-0.3, -0.25) is 9.59 Å². The summed E-state index contributed by atoms with van der Waals surface area (Å²) in [4.78, 5) is 24.0. The Labute approximate surface area is 101 Å². The summed E-state index contributed by atoms with van der Waals surface area (Å²) < 4.78 is 0. The largest absolute Gasteiger partial charge is 0.481 e. The van der Waals surface area contributed by atoms with Crippen LogP contribution >= 0.6 is 0 Å². The van der Waals surface area contributed by atoms with E-state index < -0.39 is 23.8 Å². The first-order chi connectivity index (χ1) is 7.91. The molecule has 96 valence electrons. The third-order valence-electron chi connectivity index (χ3n) is 3.19. The number of hydrogen-bond donors (Lipinski definition) is 2. The van der Waals surface area contributed by atoms with Crippen molar-refractivity contribution in [3.63, 3.8) is 0 Å². The molecule has 2 unspecified atom stereocenters. The van der Waals surface area contributed by atoms with Gasteiger partial charge < -0.3 is 15.1 Å².